The Morgan fingerprint density at radius 3 is 2.52 bits per heavy atom. The number of nitrogens with zero attached hydrogens (tertiary/aromatic N) is 1. The minimum absolute atomic E-state index is 0.225. The maximum atomic E-state index is 9.20. The van der Waals surface area contributed by atoms with E-state index in [4.69, 9.17) is 17.0 Å². The van der Waals surface area contributed by atoms with Crippen LogP contribution in [0.1, 0.15) is 18.1 Å². The molecule has 6 heteroatoms. The number of hydrazone groups is 1. The number of phenolic OH excluding ortho intramolecular Hbond substituents is 1. The van der Waals surface area contributed by atoms with Crippen LogP contribution in [0.5, 0.6) is 11.5 Å². The second-order valence-corrected chi connectivity index (χ2v) is 5.13. The number of aromatic hydroxyl groups is 1. The lowest BCUT2D eigenvalue weighted by Crippen LogP contribution is -2.31. The quantitative estimate of drug-likeness (QED) is 0.432. The van der Waals surface area contributed by atoms with Crippen LogP contribution in [0.2, 0.25) is 0 Å². The Bertz CT molecular complexity index is 655. The van der Waals surface area contributed by atoms with E-state index in [1.54, 1.807) is 30.5 Å². The van der Waals surface area contributed by atoms with Gasteiger partial charge in [-0.3, -0.25) is 5.43 Å². The molecular weight excluding hydrogens is 310 g/mol. The van der Waals surface area contributed by atoms with Gasteiger partial charge in [0.05, 0.1) is 12.8 Å². The molecular formula is C17H19N3O2S. The second kappa shape index (κ2) is 8.75. The van der Waals surface area contributed by atoms with E-state index < -0.39 is 0 Å². The minimum Gasteiger partial charge on any atom is -0.508 e. The lowest BCUT2D eigenvalue weighted by Gasteiger charge is -2.08. The molecule has 0 unspecified atom stereocenters. The van der Waals surface area contributed by atoms with Gasteiger partial charge in [-0.25, -0.2) is 0 Å². The number of thiocarbonyl (C=S) groups is 1. The average Bonchev–Trinajstić information content (AvgIpc) is 2.56. The molecule has 3 N–H and O–H groups in total. The molecule has 0 radical (unpaired) electrons. The molecule has 0 aliphatic heterocycles. The maximum absolute atomic E-state index is 9.20. The van der Waals surface area contributed by atoms with Crippen molar-refractivity contribution in [2.24, 2.45) is 5.10 Å². The first-order valence-electron chi connectivity index (χ1n) is 7.25. The molecule has 0 spiro atoms. The van der Waals surface area contributed by atoms with E-state index in [2.05, 4.69) is 15.8 Å². The predicted octanol–water partition coefficient (Wildman–Crippen LogP) is 2.79. The summed E-state index contributed by atoms with van der Waals surface area (Å²) in [6, 6.07) is 14.6. The zero-order valence-corrected chi connectivity index (χ0v) is 13.6. The molecule has 2 aromatic rings. The SMILES string of the molecule is CCOc1ccc(CNC(=S)N/N=C/c2ccc(O)cc2)cc1. The summed E-state index contributed by atoms with van der Waals surface area (Å²) in [5.74, 6) is 1.08. The van der Waals surface area contributed by atoms with E-state index in [1.165, 1.54) is 0 Å². The van der Waals surface area contributed by atoms with Gasteiger partial charge in [-0.2, -0.15) is 5.10 Å². The lowest BCUT2D eigenvalue weighted by atomic mass is 10.2. The highest BCUT2D eigenvalue weighted by molar-refractivity contribution is 7.80. The Balaban J connectivity index is 1.75. The molecule has 0 fully saturated rings. The van der Waals surface area contributed by atoms with Crippen molar-refractivity contribution in [3.8, 4) is 11.5 Å². The highest BCUT2D eigenvalue weighted by Gasteiger charge is 1.97. The summed E-state index contributed by atoms with van der Waals surface area (Å²) in [6.07, 6.45) is 1.63. The smallest absolute Gasteiger partial charge is 0.187 e. The fourth-order valence-electron chi connectivity index (χ4n) is 1.82. The van der Waals surface area contributed by atoms with Crippen LogP contribution in [-0.2, 0) is 6.54 Å². The van der Waals surface area contributed by atoms with Crippen molar-refractivity contribution in [1.82, 2.24) is 10.7 Å². The number of rotatable bonds is 6. The van der Waals surface area contributed by atoms with Crippen LogP contribution in [0.15, 0.2) is 53.6 Å². The monoisotopic (exact) mass is 329 g/mol. The molecule has 2 rings (SSSR count). The van der Waals surface area contributed by atoms with Gasteiger partial charge in [0, 0.05) is 6.54 Å². The number of phenols is 1. The molecule has 0 saturated heterocycles. The summed E-state index contributed by atoms with van der Waals surface area (Å²) in [5.41, 5.74) is 4.71. The molecule has 5 nitrogen and oxygen atoms in total. The molecule has 0 atom stereocenters. The highest BCUT2D eigenvalue weighted by atomic mass is 32.1. The summed E-state index contributed by atoms with van der Waals surface area (Å²) in [7, 11) is 0. The van der Waals surface area contributed by atoms with Crippen molar-refractivity contribution in [2.75, 3.05) is 6.61 Å². The first-order chi connectivity index (χ1) is 11.2. The first-order valence-corrected chi connectivity index (χ1v) is 7.66. The average molecular weight is 329 g/mol. The molecule has 0 aromatic heterocycles. The predicted molar refractivity (Wildman–Crippen MR) is 95.9 cm³/mol. The van der Waals surface area contributed by atoms with E-state index in [1.807, 2.05) is 31.2 Å². The van der Waals surface area contributed by atoms with Gasteiger partial charge in [-0.1, -0.05) is 12.1 Å². The van der Waals surface area contributed by atoms with Crippen molar-refractivity contribution in [3.05, 3.63) is 59.7 Å². The molecule has 23 heavy (non-hydrogen) atoms. The molecule has 0 bridgehead atoms. The maximum Gasteiger partial charge on any atom is 0.187 e. The number of hydrogen-bond acceptors (Lipinski definition) is 4. The van der Waals surface area contributed by atoms with Gasteiger partial charge in [0.15, 0.2) is 5.11 Å². The Labute approximate surface area is 141 Å². The second-order valence-electron chi connectivity index (χ2n) is 4.72. The van der Waals surface area contributed by atoms with E-state index in [0.717, 1.165) is 16.9 Å². The third kappa shape index (κ3) is 5.96. The number of hydrogen-bond donors (Lipinski definition) is 3. The third-order valence-electron chi connectivity index (χ3n) is 2.96. The largest absolute Gasteiger partial charge is 0.508 e. The van der Waals surface area contributed by atoms with Crippen LogP contribution in [0.3, 0.4) is 0 Å². The standard InChI is InChI=1S/C17H19N3O2S/c1-2-22-16-9-5-13(6-10-16)11-18-17(23)20-19-12-14-3-7-15(21)8-4-14/h3-10,12,21H,2,11H2,1H3,(H2,18,20,23)/b19-12+. The number of ether oxygens (including phenoxy) is 1. The van der Waals surface area contributed by atoms with Crippen molar-refractivity contribution in [3.63, 3.8) is 0 Å². The lowest BCUT2D eigenvalue weighted by molar-refractivity contribution is 0.340. The van der Waals surface area contributed by atoms with Gasteiger partial charge in [0.1, 0.15) is 11.5 Å². The summed E-state index contributed by atoms with van der Waals surface area (Å²) in [4.78, 5) is 0. The van der Waals surface area contributed by atoms with Gasteiger partial charge in [0.2, 0.25) is 0 Å². The topological polar surface area (TPSA) is 65.9 Å². The molecule has 0 saturated carbocycles. The van der Waals surface area contributed by atoms with Crippen LogP contribution < -0.4 is 15.5 Å². The zero-order chi connectivity index (χ0) is 16.5. The highest BCUT2D eigenvalue weighted by Crippen LogP contribution is 2.11. The fourth-order valence-corrected chi connectivity index (χ4v) is 1.94. The van der Waals surface area contributed by atoms with E-state index >= 15 is 0 Å². The molecule has 0 amide bonds. The third-order valence-corrected chi connectivity index (χ3v) is 3.20. The zero-order valence-electron chi connectivity index (χ0n) is 12.8. The molecule has 0 aliphatic carbocycles. The van der Waals surface area contributed by atoms with Crippen molar-refractivity contribution >= 4 is 23.5 Å². The van der Waals surface area contributed by atoms with E-state index in [-0.39, 0.29) is 5.75 Å². The Hall–Kier alpha value is -2.60. The number of benzene rings is 2. The normalized spacial score (nSPS) is 10.5. The Morgan fingerprint density at radius 2 is 1.87 bits per heavy atom. The van der Waals surface area contributed by atoms with Crippen LogP contribution in [-0.4, -0.2) is 23.0 Å². The number of nitrogens with one attached hydrogen (secondary N) is 2. The molecule has 0 heterocycles. The van der Waals surface area contributed by atoms with Crippen LogP contribution in [0.25, 0.3) is 0 Å². The summed E-state index contributed by atoms with van der Waals surface area (Å²) in [5, 5.41) is 16.7. The molecule has 120 valence electrons. The van der Waals surface area contributed by atoms with Gasteiger partial charge < -0.3 is 15.2 Å². The molecule has 0 aliphatic rings. The summed E-state index contributed by atoms with van der Waals surface area (Å²) in [6.45, 7) is 3.22. The first kappa shape index (κ1) is 16.8. The Morgan fingerprint density at radius 1 is 1.17 bits per heavy atom. The van der Waals surface area contributed by atoms with Crippen molar-refractivity contribution in [2.45, 2.75) is 13.5 Å². The summed E-state index contributed by atoms with van der Waals surface area (Å²) >= 11 is 5.16. The van der Waals surface area contributed by atoms with Crippen molar-refractivity contribution in [1.29, 1.82) is 0 Å². The molecule has 2 aromatic carbocycles. The summed E-state index contributed by atoms with van der Waals surface area (Å²) < 4.78 is 5.40. The fraction of sp³-hybridized carbons (Fsp3) is 0.176. The van der Waals surface area contributed by atoms with Gasteiger partial charge in [-0.15, -0.1) is 0 Å². The van der Waals surface area contributed by atoms with Crippen molar-refractivity contribution < 1.29 is 9.84 Å². The van der Waals surface area contributed by atoms with E-state index in [9.17, 15) is 5.11 Å². The van der Waals surface area contributed by atoms with Gasteiger partial charge >= 0.3 is 0 Å². The van der Waals surface area contributed by atoms with Crippen LogP contribution in [0, 0.1) is 0 Å². The van der Waals surface area contributed by atoms with Crippen LogP contribution >= 0.6 is 12.2 Å². The van der Waals surface area contributed by atoms with Gasteiger partial charge in [-0.05, 0) is 66.7 Å². The van der Waals surface area contributed by atoms with Gasteiger partial charge in [0.25, 0.3) is 0 Å². The Kier molecular flexibility index (Phi) is 6.38. The minimum atomic E-state index is 0.225. The van der Waals surface area contributed by atoms with E-state index in [0.29, 0.717) is 18.3 Å². The van der Waals surface area contributed by atoms with Crippen LogP contribution in [0.4, 0.5) is 0 Å².